The van der Waals surface area contributed by atoms with Crippen molar-refractivity contribution in [3.8, 4) is 0 Å². The molecule has 2 heterocycles. The summed E-state index contributed by atoms with van der Waals surface area (Å²) in [6.45, 7) is 3.70. The maximum absolute atomic E-state index is 12.5. The summed E-state index contributed by atoms with van der Waals surface area (Å²) in [4.78, 5) is 38.2. The van der Waals surface area contributed by atoms with Crippen molar-refractivity contribution in [3.63, 3.8) is 0 Å². The number of thiocarbonyl (C=S) groups is 1. The Hall–Kier alpha value is -3.06. The molecule has 120 valence electrons. The fraction of sp³-hybridized carbons (Fsp3) is 0.0588. The molecule has 0 atom stereocenters. The van der Waals surface area contributed by atoms with E-state index in [0.29, 0.717) is 11.0 Å². The normalized spacial score (nSPS) is 16.6. The van der Waals surface area contributed by atoms with Gasteiger partial charge in [0.1, 0.15) is 17.4 Å². The predicted molar refractivity (Wildman–Crippen MR) is 93.1 cm³/mol. The average Bonchev–Trinajstić information content (AvgIpc) is 2.57. The average molecular weight is 340 g/mol. The Kier molecular flexibility index (Phi) is 4.09. The van der Waals surface area contributed by atoms with Crippen LogP contribution in [0, 0.1) is 0 Å². The van der Waals surface area contributed by atoms with Crippen LogP contribution in [-0.4, -0.2) is 28.4 Å². The first-order valence-electron chi connectivity index (χ1n) is 7.03. The maximum atomic E-state index is 12.5. The minimum absolute atomic E-state index is 0.00703. The first kappa shape index (κ1) is 15.8. The lowest BCUT2D eigenvalue weighted by molar-refractivity contribution is -0.128. The Bertz CT molecular complexity index is 974. The highest BCUT2D eigenvalue weighted by Gasteiger charge is 2.32. The van der Waals surface area contributed by atoms with E-state index in [1.807, 2.05) is 0 Å². The number of hydrogen-bond donors (Lipinski definition) is 1. The lowest BCUT2D eigenvalue weighted by atomic mass is 10.1. The highest BCUT2D eigenvalue weighted by atomic mass is 32.1. The molecule has 2 amide bonds. The molecular weight excluding hydrogens is 328 g/mol. The van der Waals surface area contributed by atoms with Gasteiger partial charge in [-0.1, -0.05) is 18.2 Å². The van der Waals surface area contributed by atoms with Crippen LogP contribution in [-0.2, 0) is 9.59 Å². The molecule has 1 N–H and O–H groups in total. The van der Waals surface area contributed by atoms with Gasteiger partial charge in [-0.15, -0.1) is 6.58 Å². The van der Waals surface area contributed by atoms with Gasteiger partial charge in [0, 0.05) is 6.54 Å². The van der Waals surface area contributed by atoms with Gasteiger partial charge in [-0.25, -0.2) is 0 Å². The molecule has 1 saturated heterocycles. The van der Waals surface area contributed by atoms with Gasteiger partial charge in [0.25, 0.3) is 11.8 Å². The van der Waals surface area contributed by atoms with Gasteiger partial charge < -0.3 is 4.42 Å². The molecule has 0 saturated carbocycles. The number of carbonyl (C=O) groups is 2. The lowest BCUT2D eigenvalue weighted by Crippen LogP contribution is -2.53. The van der Waals surface area contributed by atoms with Gasteiger partial charge >= 0.3 is 0 Å². The van der Waals surface area contributed by atoms with E-state index in [9.17, 15) is 14.4 Å². The number of amides is 2. The molecule has 7 heteroatoms. The number of rotatable bonds is 3. The Morgan fingerprint density at radius 3 is 2.75 bits per heavy atom. The third-order valence-corrected chi connectivity index (χ3v) is 3.83. The highest BCUT2D eigenvalue weighted by Crippen LogP contribution is 2.16. The van der Waals surface area contributed by atoms with E-state index in [4.69, 9.17) is 16.6 Å². The monoisotopic (exact) mass is 340 g/mol. The molecule has 2 aromatic rings. The quantitative estimate of drug-likeness (QED) is 0.397. The topological polar surface area (TPSA) is 79.6 Å². The third-order valence-electron chi connectivity index (χ3n) is 3.50. The summed E-state index contributed by atoms with van der Waals surface area (Å²) in [5.41, 5.74) is 0.0264. The van der Waals surface area contributed by atoms with Crippen molar-refractivity contribution in [1.82, 2.24) is 10.2 Å². The number of nitrogens with one attached hydrogen (secondary N) is 1. The molecule has 0 aliphatic carbocycles. The summed E-state index contributed by atoms with van der Waals surface area (Å²) in [7, 11) is 0. The van der Waals surface area contributed by atoms with Crippen molar-refractivity contribution in [2.24, 2.45) is 0 Å². The van der Waals surface area contributed by atoms with E-state index >= 15 is 0 Å². The van der Waals surface area contributed by atoms with Gasteiger partial charge in [0.2, 0.25) is 0 Å². The minimum atomic E-state index is -0.655. The second kappa shape index (κ2) is 6.21. The molecule has 0 unspecified atom stereocenters. The second-order valence-corrected chi connectivity index (χ2v) is 5.42. The first-order valence-corrected chi connectivity index (χ1v) is 7.44. The molecule has 1 aliphatic rings. The first-order chi connectivity index (χ1) is 11.5. The Morgan fingerprint density at radius 1 is 1.25 bits per heavy atom. The van der Waals surface area contributed by atoms with Crippen LogP contribution in [0.1, 0.15) is 5.56 Å². The SMILES string of the molecule is C=CCN1C(=O)/C(=C/c2coc3ccccc3c2=O)C(=O)NC1=S. The van der Waals surface area contributed by atoms with Crippen molar-refractivity contribution in [1.29, 1.82) is 0 Å². The van der Waals surface area contributed by atoms with Gasteiger partial charge in [-0.05, 0) is 30.4 Å². The van der Waals surface area contributed by atoms with E-state index in [-0.39, 0.29) is 28.2 Å². The van der Waals surface area contributed by atoms with E-state index in [1.165, 1.54) is 23.3 Å². The lowest BCUT2D eigenvalue weighted by Gasteiger charge is -2.27. The molecule has 6 nitrogen and oxygen atoms in total. The van der Waals surface area contributed by atoms with Gasteiger partial charge in [-0.2, -0.15) is 0 Å². The zero-order valence-corrected chi connectivity index (χ0v) is 13.3. The van der Waals surface area contributed by atoms with Gasteiger partial charge in [-0.3, -0.25) is 24.6 Å². The smallest absolute Gasteiger partial charge is 0.265 e. The van der Waals surface area contributed by atoms with E-state index in [2.05, 4.69) is 11.9 Å². The molecule has 0 bridgehead atoms. The Balaban J connectivity index is 2.10. The number of benzene rings is 1. The number of carbonyl (C=O) groups excluding carboxylic acids is 2. The van der Waals surface area contributed by atoms with Crippen LogP contribution >= 0.6 is 12.2 Å². The van der Waals surface area contributed by atoms with Gasteiger partial charge in [0.15, 0.2) is 10.5 Å². The predicted octanol–water partition coefficient (Wildman–Crippen LogP) is 1.61. The number of para-hydroxylation sites is 1. The van der Waals surface area contributed by atoms with Crippen molar-refractivity contribution in [2.45, 2.75) is 0 Å². The van der Waals surface area contributed by atoms with Crippen LogP contribution in [0.4, 0.5) is 0 Å². The largest absolute Gasteiger partial charge is 0.463 e. The van der Waals surface area contributed by atoms with E-state index in [0.717, 1.165) is 0 Å². The van der Waals surface area contributed by atoms with E-state index in [1.54, 1.807) is 24.3 Å². The summed E-state index contributed by atoms with van der Waals surface area (Å²) in [6.07, 6.45) is 3.93. The summed E-state index contributed by atoms with van der Waals surface area (Å²) in [5, 5.41) is 2.80. The number of nitrogens with zero attached hydrogens (tertiary/aromatic N) is 1. The molecule has 1 aliphatic heterocycles. The fourth-order valence-corrected chi connectivity index (χ4v) is 2.59. The third kappa shape index (κ3) is 2.65. The van der Waals surface area contributed by atoms with Crippen molar-refractivity contribution in [3.05, 3.63) is 64.5 Å². The summed E-state index contributed by atoms with van der Waals surface area (Å²) in [6, 6.07) is 6.73. The molecule has 1 fully saturated rings. The summed E-state index contributed by atoms with van der Waals surface area (Å²) in [5.74, 6) is -1.24. The molecule has 0 radical (unpaired) electrons. The zero-order valence-electron chi connectivity index (χ0n) is 12.4. The standard InChI is InChI=1S/C17H12N2O4S/c1-2-7-19-16(22)12(15(21)18-17(19)24)8-10-9-23-13-6-4-3-5-11(13)14(10)20/h2-6,8-9H,1,7H2,(H,18,21,24)/b12-8+. The maximum Gasteiger partial charge on any atom is 0.265 e. The zero-order chi connectivity index (χ0) is 17.3. The van der Waals surface area contributed by atoms with E-state index < -0.39 is 11.8 Å². The number of fused-ring (bicyclic) bond motifs is 1. The molecular formula is C17H12N2O4S. The molecule has 0 spiro atoms. The van der Waals surface area contributed by atoms with Crippen molar-refractivity contribution in [2.75, 3.05) is 6.54 Å². The Labute approximate surface area is 142 Å². The second-order valence-electron chi connectivity index (χ2n) is 5.04. The van der Waals surface area contributed by atoms with Crippen LogP contribution in [0.25, 0.3) is 17.0 Å². The van der Waals surface area contributed by atoms with Crippen LogP contribution in [0.5, 0.6) is 0 Å². The summed E-state index contributed by atoms with van der Waals surface area (Å²) < 4.78 is 5.39. The van der Waals surface area contributed by atoms with Crippen LogP contribution in [0.15, 0.2) is 58.0 Å². The highest BCUT2D eigenvalue weighted by molar-refractivity contribution is 7.80. The molecule has 24 heavy (non-hydrogen) atoms. The van der Waals surface area contributed by atoms with Gasteiger partial charge in [0.05, 0.1) is 10.9 Å². The Morgan fingerprint density at radius 2 is 2.00 bits per heavy atom. The fourth-order valence-electron chi connectivity index (χ4n) is 2.34. The molecule has 1 aromatic heterocycles. The molecule has 1 aromatic carbocycles. The summed E-state index contributed by atoms with van der Waals surface area (Å²) >= 11 is 4.97. The number of hydrogen-bond acceptors (Lipinski definition) is 5. The van der Waals surface area contributed by atoms with Crippen LogP contribution in [0.3, 0.4) is 0 Å². The van der Waals surface area contributed by atoms with Crippen molar-refractivity contribution >= 4 is 46.2 Å². The molecule has 3 rings (SSSR count). The minimum Gasteiger partial charge on any atom is -0.463 e. The van der Waals surface area contributed by atoms with Crippen LogP contribution < -0.4 is 10.7 Å². The van der Waals surface area contributed by atoms with Crippen molar-refractivity contribution < 1.29 is 14.0 Å². The van der Waals surface area contributed by atoms with Crippen LogP contribution in [0.2, 0.25) is 0 Å².